The van der Waals surface area contributed by atoms with Gasteiger partial charge < -0.3 is 0 Å². The molecule has 7 aromatic carbocycles. The van der Waals surface area contributed by atoms with Crippen molar-refractivity contribution in [2.75, 3.05) is 0 Å². The number of hydrogen-bond donors (Lipinski definition) is 0. The van der Waals surface area contributed by atoms with E-state index in [1.165, 1.54) is 77.2 Å². The SMILES string of the molecule is CC1(C)c2ccccc2-c2c(-c3c4ccccc4c(/C=C/c4ccccc4)c4ccc(-c5ccccc5)cc34)cccc21. The highest BCUT2D eigenvalue weighted by atomic mass is 14.4. The zero-order valence-corrected chi connectivity index (χ0v) is 24.5. The average Bonchev–Trinajstić information content (AvgIpc) is 3.30. The fourth-order valence-corrected chi connectivity index (χ4v) is 7.20. The van der Waals surface area contributed by atoms with Crippen LogP contribution in [0.4, 0.5) is 0 Å². The predicted octanol–water partition coefficient (Wildman–Crippen LogP) is 11.8. The molecule has 204 valence electrons. The molecule has 0 fully saturated rings. The van der Waals surface area contributed by atoms with Crippen LogP contribution in [-0.2, 0) is 5.41 Å². The standard InChI is InChI=1S/C43H32/c1-43(2)39-22-12-11-20-36(39)42-37(21-13-23-40(42)43)41-35-19-10-9-18-32(35)33(26-24-29-14-5-3-6-15-29)34-27-25-31(28-38(34)41)30-16-7-4-8-17-30/h3-28H,1-2H3/b26-24+. The third-order valence-corrected chi connectivity index (χ3v) is 9.29. The Hall–Kier alpha value is -5.20. The van der Waals surface area contributed by atoms with Crippen LogP contribution in [0.3, 0.4) is 0 Å². The zero-order valence-electron chi connectivity index (χ0n) is 24.5. The summed E-state index contributed by atoms with van der Waals surface area (Å²) in [6.07, 6.45) is 4.55. The van der Waals surface area contributed by atoms with Crippen LogP contribution in [0.1, 0.15) is 36.1 Å². The van der Waals surface area contributed by atoms with Crippen LogP contribution in [0.2, 0.25) is 0 Å². The third kappa shape index (κ3) is 4.06. The van der Waals surface area contributed by atoms with Crippen LogP contribution in [0, 0.1) is 0 Å². The van der Waals surface area contributed by atoms with Gasteiger partial charge in [-0.1, -0.05) is 166 Å². The summed E-state index contributed by atoms with van der Waals surface area (Å²) >= 11 is 0. The van der Waals surface area contributed by atoms with Crippen LogP contribution < -0.4 is 0 Å². The first-order valence-electron chi connectivity index (χ1n) is 15.1. The van der Waals surface area contributed by atoms with Crippen molar-refractivity contribution < 1.29 is 0 Å². The van der Waals surface area contributed by atoms with Crippen molar-refractivity contribution >= 4 is 33.7 Å². The normalized spacial score (nSPS) is 13.4. The molecule has 0 nitrogen and oxygen atoms in total. The molecular weight excluding hydrogens is 516 g/mol. The Morgan fingerprint density at radius 2 is 1.05 bits per heavy atom. The first kappa shape index (κ1) is 25.5. The van der Waals surface area contributed by atoms with Gasteiger partial charge in [-0.15, -0.1) is 0 Å². The molecule has 0 saturated heterocycles. The molecular formula is C43H32. The number of hydrogen-bond acceptors (Lipinski definition) is 0. The molecule has 8 rings (SSSR count). The lowest BCUT2D eigenvalue weighted by molar-refractivity contribution is 0.660. The first-order valence-corrected chi connectivity index (χ1v) is 15.1. The molecule has 0 heterocycles. The van der Waals surface area contributed by atoms with Crippen LogP contribution in [0.5, 0.6) is 0 Å². The van der Waals surface area contributed by atoms with Gasteiger partial charge >= 0.3 is 0 Å². The molecule has 0 aromatic heterocycles. The molecule has 0 unspecified atom stereocenters. The van der Waals surface area contributed by atoms with Crippen molar-refractivity contribution in [2.45, 2.75) is 19.3 Å². The summed E-state index contributed by atoms with van der Waals surface area (Å²) in [7, 11) is 0. The second-order valence-electron chi connectivity index (χ2n) is 12.1. The number of benzene rings is 7. The molecule has 0 N–H and O–H groups in total. The van der Waals surface area contributed by atoms with E-state index in [1.807, 2.05) is 0 Å². The van der Waals surface area contributed by atoms with E-state index in [4.69, 9.17) is 0 Å². The average molecular weight is 549 g/mol. The molecule has 0 saturated carbocycles. The second-order valence-corrected chi connectivity index (χ2v) is 12.1. The minimum Gasteiger partial charge on any atom is -0.0622 e. The molecule has 1 aliphatic carbocycles. The first-order chi connectivity index (χ1) is 21.1. The van der Waals surface area contributed by atoms with Gasteiger partial charge in [-0.05, 0) is 83.2 Å². The van der Waals surface area contributed by atoms with E-state index < -0.39 is 0 Å². The molecule has 7 aromatic rings. The zero-order chi connectivity index (χ0) is 29.0. The number of fused-ring (bicyclic) bond motifs is 5. The molecule has 0 aliphatic heterocycles. The van der Waals surface area contributed by atoms with Gasteiger partial charge in [0.05, 0.1) is 0 Å². The summed E-state index contributed by atoms with van der Waals surface area (Å²) in [5, 5.41) is 5.10. The molecule has 0 atom stereocenters. The van der Waals surface area contributed by atoms with E-state index in [1.54, 1.807) is 0 Å². The quantitative estimate of drug-likeness (QED) is 0.152. The highest BCUT2D eigenvalue weighted by Gasteiger charge is 2.37. The van der Waals surface area contributed by atoms with Gasteiger partial charge in [-0.2, -0.15) is 0 Å². The van der Waals surface area contributed by atoms with Gasteiger partial charge in [0.2, 0.25) is 0 Å². The minimum absolute atomic E-state index is 0.0545. The molecule has 0 radical (unpaired) electrons. The van der Waals surface area contributed by atoms with Gasteiger partial charge in [0.15, 0.2) is 0 Å². The summed E-state index contributed by atoms with van der Waals surface area (Å²) in [6, 6.07) is 53.2. The molecule has 0 heteroatoms. The molecule has 43 heavy (non-hydrogen) atoms. The van der Waals surface area contributed by atoms with Crippen molar-refractivity contribution in [3.8, 4) is 33.4 Å². The molecule has 1 aliphatic rings. The highest BCUT2D eigenvalue weighted by Crippen LogP contribution is 2.54. The Morgan fingerprint density at radius 1 is 0.419 bits per heavy atom. The van der Waals surface area contributed by atoms with Crippen LogP contribution in [0.25, 0.3) is 67.1 Å². The van der Waals surface area contributed by atoms with Gasteiger partial charge in [0, 0.05) is 5.41 Å². The lowest BCUT2D eigenvalue weighted by Crippen LogP contribution is -2.14. The predicted molar refractivity (Wildman–Crippen MR) is 185 cm³/mol. The van der Waals surface area contributed by atoms with Crippen LogP contribution in [0.15, 0.2) is 146 Å². The maximum absolute atomic E-state index is 2.41. The van der Waals surface area contributed by atoms with Crippen LogP contribution >= 0.6 is 0 Å². The Labute approximate surface area is 253 Å². The second kappa shape index (κ2) is 9.96. The van der Waals surface area contributed by atoms with Gasteiger partial charge in [0.25, 0.3) is 0 Å². The smallest absolute Gasteiger partial charge is 0.0159 e. The monoisotopic (exact) mass is 548 g/mol. The molecule has 0 amide bonds. The summed E-state index contributed by atoms with van der Waals surface area (Å²) in [4.78, 5) is 0. The van der Waals surface area contributed by atoms with Crippen molar-refractivity contribution in [2.24, 2.45) is 0 Å². The van der Waals surface area contributed by atoms with E-state index in [0.29, 0.717) is 0 Å². The van der Waals surface area contributed by atoms with Gasteiger partial charge in [-0.25, -0.2) is 0 Å². The highest BCUT2D eigenvalue weighted by molar-refractivity contribution is 6.20. The topological polar surface area (TPSA) is 0 Å². The Kier molecular flexibility index (Phi) is 5.91. The maximum atomic E-state index is 2.41. The Balaban J connectivity index is 1.50. The lowest BCUT2D eigenvalue weighted by atomic mass is 9.81. The lowest BCUT2D eigenvalue weighted by Gasteiger charge is -2.22. The largest absolute Gasteiger partial charge is 0.0622 e. The van der Waals surface area contributed by atoms with Crippen molar-refractivity contribution in [3.05, 3.63) is 168 Å². The summed E-state index contributed by atoms with van der Waals surface area (Å²) in [5.41, 5.74) is 13.0. The van der Waals surface area contributed by atoms with Gasteiger partial charge in [0.1, 0.15) is 0 Å². The van der Waals surface area contributed by atoms with E-state index in [2.05, 4.69) is 172 Å². The van der Waals surface area contributed by atoms with E-state index in [0.717, 1.165) is 0 Å². The summed E-state index contributed by atoms with van der Waals surface area (Å²) in [5.74, 6) is 0. The Bertz CT molecular complexity index is 2180. The van der Waals surface area contributed by atoms with Crippen molar-refractivity contribution in [3.63, 3.8) is 0 Å². The number of rotatable bonds is 4. The van der Waals surface area contributed by atoms with Crippen molar-refractivity contribution in [1.29, 1.82) is 0 Å². The van der Waals surface area contributed by atoms with Crippen molar-refractivity contribution in [1.82, 2.24) is 0 Å². The van der Waals surface area contributed by atoms with E-state index >= 15 is 0 Å². The summed E-state index contributed by atoms with van der Waals surface area (Å²) in [6.45, 7) is 4.73. The third-order valence-electron chi connectivity index (χ3n) is 9.29. The molecule has 0 bridgehead atoms. The van der Waals surface area contributed by atoms with Gasteiger partial charge in [-0.3, -0.25) is 0 Å². The fraction of sp³-hybridized carbons (Fsp3) is 0.0698. The Morgan fingerprint density at radius 3 is 1.86 bits per heavy atom. The summed E-state index contributed by atoms with van der Waals surface area (Å²) < 4.78 is 0. The minimum atomic E-state index is -0.0545. The molecule has 0 spiro atoms. The van der Waals surface area contributed by atoms with E-state index in [9.17, 15) is 0 Å². The van der Waals surface area contributed by atoms with E-state index in [-0.39, 0.29) is 5.41 Å². The fourth-order valence-electron chi connectivity index (χ4n) is 7.20. The van der Waals surface area contributed by atoms with Crippen LogP contribution in [-0.4, -0.2) is 0 Å². The maximum Gasteiger partial charge on any atom is 0.0159 e.